The van der Waals surface area contributed by atoms with E-state index in [2.05, 4.69) is 40.5 Å². The summed E-state index contributed by atoms with van der Waals surface area (Å²) >= 11 is 2.35. The van der Waals surface area contributed by atoms with Crippen LogP contribution >= 0.6 is 22.6 Å². The lowest BCUT2D eigenvalue weighted by atomic mass is 10.2. The summed E-state index contributed by atoms with van der Waals surface area (Å²) in [5.74, 6) is 0. The zero-order valence-corrected chi connectivity index (χ0v) is 11.6. The molecule has 16 heavy (non-hydrogen) atoms. The fraction of sp³-hybridized carbons (Fsp3) is 0.500. The molecular formula is C12H17IN2O. The second-order valence-corrected chi connectivity index (χ2v) is 5.22. The van der Waals surface area contributed by atoms with E-state index in [9.17, 15) is 0 Å². The van der Waals surface area contributed by atoms with Crippen LogP contribution in [0.3, 0.4) is 0 Å². The van der Waals surface area contributed by atoms with Gasteiger partial charge in [-0.05, 0) is 47.2 Å². The van der Waals surface area contributed by atoms with Gasteiger partial charge in [0.05, 0.1) is 18.4 Å². The van der Waals surface area contributed by atoms with E-state index in [-0.39, 0.29) is 0 Å². The van der Waals surface area contributed by atoms with Crippen molar-refractivity contribution in [3.8, 4) is 0 Å². The minimum atomic E-state index is 0.363. The van der Waals surface area contributed by atoms with Crippen LogP contribution in [-0.4, -0.2) is 25.8 Å². The SMILES string of the molecule is CCC1CN(c2ccc(N)cc2I)CCO1. The van der Waals surface area contributed by atoms with E-state index in [1.54, 1.807) is 0 Å². The van der Waals surface area contributed by atoms with Crippen LogP contribution in [0.4, 0.5) is 11.4 Å². The predicted molar refractivity (Wildman–Crippen MR) is 75.8 cm³/mol. The minimum Gasteiger partial charge on any atom is -0.399 e. The Kier molecular flexibility index (Phi) is 3.91. The van der Waals surface area contributed by atoms with Crippen molar-refractivity contribution >= 4 is 34.0 Å². The molecular weight excluding hydrogens is 315 g/mol. The standard InChI is InChI=1S/C12H17IN2O/c1-2-10-8-15(5-6-16-10)12-4-3-9(14)7-11(12)13/h3-4,7,10H,2,5-6,8,14H2,1H3. The quantitative estimate of drug-likeness (QED) is 0.668. The predicted octanol–water partition coefficient (Wildman–Crippen LogP) is 2.49. The summed E-state index contributed by atoms with van der Waals surface area (Å²) in [6, 6.07) is 6.09. The molecule has 1 fully saturated rings. The van der Waals surface area contributed by atoms with Crippen molar-refractivity contribution in [2.24, 2.45) is 0 Å². The zero-order chi connectivity index (χ0) is 11.5. The number of hydrogen-bond donors (Lipinski definition) is 1. The maximum absolute atomic E-state index is 5.76. The number of halogens is 1. The molecule has 0 aliphatic carbocycles. The lowest BCUT2D eigenvalue weighted by Crippen LogP contribution is -2.42. The molecule has 4 heteroatoms. The Morgan fingerprint density at radius 1 is 1.56 bits per heavy atom. The fourth-order valence-electron chi connectivity index (χ4n) is 1.96. The molecule has 1 aliphatic heterocycles. The van der Waals surface area contributed by atoms with Gasteiger partial charge in [0.15, 0.2) is 0 Å². The Bertz CT molecular complexity index is 370. The molecule has 88 valence electrons. The summed E-state index contributed by atoms with van der Waals surface area (Å²) in [7, 11) is 0. The molecule has 1 aromatic rings. The number of morpholine rings is 1. The zero-order valence-electron chi connectivity index (χ0n) is 9.45. The Morgan fingerprint density at radius 3 is 3.06 bits per heavy atom. The maximum Gasteiger partial charge on any atom is 0.0748 e. The number of ether oxygens (including phenoxy) is 1. The first-order valence-corrected chi connectivity index (χ1v) is 6.70. The maximum atomic E-state index is 5.76. The summed E-state index contributed by atoms with van der Waals surface area (Å²) in [6.45, 7) is 4.94. The Labute approximate surface area is 110 Å². The number of hydrogen-bond acceptors (Lipinski definition) is 3. The van der Waals surface area contributed by atoms with Crippen LogP contribution in [-0.2, 0) is 4.74 Å². The highest BCUT2D eigenvalue weighted by Crippen LogP contribution is 2.26. The number of nitrogens with zero attached hydrogens (tertiary/aromatic N) is 1. The molecule has 3 nitrogen and oxygen atoms in total. The lowest BCUT2D eigenvalue weighted by molar-refractivity contribution is 0.0384. The number of rotatable bonds is 2. The van der Waals surface area contributed by atoms with Crippen LogP contribution in [0.15, 0.2) is 18.2 Å². The van der Waals surface area contributed by atoms with Gasteiger partial charge in [0.2, 0.25) is 0 Å². The van der Waals surface area contributed by atoms with Gasteiger partial charge < -0.3 is 15.4 Å². The third kappa shape index (κ3) is 2.60. The lowest BCUT2D eigenvalue weighted by Gasteiger charge is -2.34. The van der Waals surface area contributed by atoms with Crippen LogP contribution < -0.4 is 10.6 Å². The van der Waals surface area contributed by atoms with Crippen molar-refractivity contribution in [3.05, 3.63) is 21.8 Å². The second-order valence-electron chi connectivity index (χ2n) is 4.06. The Hall–Kier alpha value is -0.490. The molecule has 0 amide bonds. The molecule has 1 saturated heterocycles. The molecule has 1 heterocycles. The molecule has 1 unspecified atom stereocenters. The van der Waals surface area contributed by atoms with Gasteiger partial charge in [0, 0.05) is 22.3 Å². The molecule has 0 saturated carbocycles. The number of benzene rings is 1. The van der Waals surface area contributed by atoms with Crippen LogP contribution in [0, 0.1) is 3.57 Å². The smallest absolute Gasteiger partial charge is 0.0748 e. The summed E-state index contributed by atoms with van der Waals surface area (Å²) in [6.07, 6.45) is 1.43. The minimum absolute atomic E-state index is 0.363. The number of nitrogens with two attached hydrogens (primary N) is 1. The average Bonchev–Trinajstić information content (AvgIpc) is 2.29. The van der Waals surface area contributed by atoms with Gasteiger partial charge >= 0.3 is 0 Å². The third-order valence-corrected chi connectivity index (χ3v) is 3.77. The van der Waals surface area contributed by atoms with Crippen molar-refractivity contribution < 1.29 is 4.74 Å². The first kappa shape index (κ1) is 12.0. The van der Waals surface area contributed by atoms with Gasteiger partial charge in [0.25, 0.3) is 0 Å². The van der Waals surface area contributed by atoms with Crippen LogP contribution in [0.25, 0.3) is 0 Å². The van der Waals surface area contributed by atoms with Gasteiger partial charge in [-0.2, -0.15) is 0 Å². The first-order valence-electron chi connectivity index (χ1n) is 5.62. The molecule has 1 aliphatic rings. The van der Waals surface area contributed by atoms with Gasteiger partial charge in [-0.15, -0.1) is 0 Å². The number of nitrogen functional groups attached to an aromatic ring is 1. The largest absolute Gasteiger partial charge is 0.399 e. The molecule has 0 bridgehead atoms. The fourth-order valence-corrected chi connectivity index (χ4v) is 2.85. The van der Waals surface area contributed by atoms with Crippen molar-refractivity contribution in [2.75, 3.05) is 30.3 Å². The van der Waals surface area contributed by atoms with Gasteiger partial charge in [-0.3, -0.25) is 0 Å². The van der Waals surface area contributed by atoms with Crippen molar-refractivity contribution in [2.45, 2.75) is 19.4 Å². The Morgan fingerprint density at radius 2 is 2.38 bits per heavy atom. The van der Waals surface area contributed by atoms with Gasteiger partial charge in [-0.25, -0.2) is 0 Å². The Balaban J connectivity index is 2.16. The first-order chi connectivity index (χ1) is 7.70. The monoisotopic (exact) mass is 332 g/mol. The van der Waals surface area contributed by atoms with E-state index in [0.717, 1.165) is 31.8 Å². The molecule has 0 radical (unpaired) electrons. The average molecular weight is 332 g/mol. The number of anilines is 2. The molecule has 1 atom stereocenters. The second kappa shape index (κ2) is 5.23. The summed E-state index contributed by atoms with van der Waals surface area (Å²) in [5.41, 5.74) is 7.86. The van der Waals surface area contributed by atoms with E-state index >= 15 is 0 Å². The van der Waals surface area contributed by atoms with Crippen molar-refractivity contribution in [1.82, 2.24) is 0 Å². The van der Waals surface area contributed by atoms with E-state index in [0.29, 0.717) is 6.10 Å². The normalized spacial score (nSPS) is 21.1. The van der Waals surface area contributed by atoms with Crippen LogP contribution in [0.1, 0.15) is 13.3 Å². The highest BCUT2D eigenvalue weighted by Gasteiger charge is 2.20. The molecule has 0 aromatic heterocycles. The van der Waals surface area contributed by atoms with E-state index in [1.807, 2.05) is 12.1 Å². The van der Waals surface area contributed by atoms with Crippen molar-refractivity contribution in [1.29, 1.82) is 0 Å². The van der Waals surface area contributed by atoms with Crippen LogP contribution in [0.2, 0.25) is 0 Å². The topological polar surface area (TPSA) is 38.5 Å². The summed E-state index contributed by atoms with van der Waals surface area (Å²) in [5, 5.41) is 0. The van der Waals surface area contributed by atoms with Crippen molar-refractivity contribution in [3.63, 3.8) is 0 Å². The van der Waals surface area contributed by atoms with E-state index in [1.165, 1.54) is 9.26 Å². The molecule has 2 rings (SSSR count). The van der Waals surface area contributed by atoms with Gasteiger partial charge in [-0.1, -0.05) is 6.92 Å². The molecule has 1 aromatic carbocycles. The molecule has 0 spiro atoms. The van der Waals surface area contributed by atoms with E-state index < -0.39 is 0 Å². The summed E-state index contributed by atoms with van der Waals surface area (Å²) in [4.78, 5) is 2.39. The van der Waals surface area contributed by atoms with E-state index in [4.69, 9.17) is 10.5 Å². The highest BCUT2D eigenvalue weighted by atomic mass is 127. The third-order valence-electron chi connectivity index (χ3n) is 2.91. The molecule has 2 N–H and O–H groups in total. The highest BCUT2D eigenvalue weighted by molar-refractivity contribution is 14.1. The van der Waals surface area contributed by atoms with Gasteiger partial charge in [0.1, 0.15) is 0 Å². The summed E-state index contributed by atoms with van der Waals surface area (Å²) < 4.78 is 6.89. The van der Waals surface area contributed by atoms with Crippen LogP contribution in [0.5, 0.6) is 0 Å².